The molecule has 0 amide bonds. The fourth-order valence-corrected chi connectivity index (χ4v) is 7.56. The fourth-order valence-electron chi connectivity index (χ4n) is 6.40. The molecule has 0 aromatic heterocycles. The van der Waals surface area contributed by atoms with E-state index in [1.54, 1.807) is 0 Å². The van der Waals surface area contributed by atoms with Crippen molar-refractivity contribution >= 4 is 29.5 Å². The summed E-state index contributed by atoms with van der Waals surface area (Å²) < 4.78 is 11.3. The molecule has 0 saturated heterocycles. The molecule has 5 nitrogen and oxygen atoms in total. The topological polar surface area (TPSA) is 69.7 Å². The van der Waals surface area contributed by atoms with Crippen molar-refractivity contribution in [3.63, 3.8) is 0 Å². The van der Waals surface area contributed by atoms with E-state index in [0.717, 1.165) is 32.1 Å². The first kappa shape index (κ1) is 50.0. The third-order valence-corrected chi connectivity index (χ3v) is 11.1. The first-order chi connectivity index (χ1) is 24.7. The lowest BCUT2D eigenvalue weighted by Gasteiger charge is -2.20. The van der Waals surface area contributed by atoms with Crippen molar-refractivity contribution in [3.05, 3.63) is 0 Å². The zero-order valence-electron chi connectivity index (χ0n) is 34.8. The Morgan fingerprint density at radius 3 is 1.12 bits per heavy atom. The Bertz CT molecular complexity index is 792. The van der Waals surface area contributed by atoms with Gasteiger partial charge >= 0.3 is 11.9 Å². The Hall–Kier alpha value is -1.04. The highest BCUT2D eigenvalue weighted by atomic mass is 32.2. The number of thioether (sulfide) groups is 1. The summed E-state index contributed by atoms with van der Waals surface area (Å²) in [5, 5.41) is 0. The maximum Gasteiger partial charge on any atom is 0.306 e. The molecule has 51 heavy (non-hydrogen) atoms. The van der Waals surface area contributed by atoms with Crippen molar-refractivity contribution in [2.45, 2.75) is 246 Å². The number of esters is 2. The number of carbonyl (C=O) groups is 3. The normalized spacial score (nSPS) is 12.3. The van der Waals surface area contributed by atoms with Gasteiger partial charge in [0, 0.05) is 24.0 Å². The summed E-state index contributed by atoms with van der Waals surface area (Å²) in [4.78, 5) is 37.6. The zero-order valence-corrected chi connectivity index (χ0v) is 35.6. The van der Waals surface area contributed by atoms with E-state index in [1.165, 1.54) is 172 Å². The highest BCUT2D eigenvalue weighted by Crippen LogP contribution is 2.20. The van der Waals surface area contributed by atoms with Crippen molar-refractivity contribution in [3.8, 4) is 0 Å². The molecule has 0 radical (unpaired) electrons. The molecule has 0 fully saturated rings. The maximum atomic E-state index is 12.7. The molecule has 0 aromatic rings. The molecule has 0 N–H and O–H groups in total. The summed E-state index contributed by atoms with van der Waals surface area (Å²) in [6.45, 7) is 10.4. The molecule has 0 aliphatic heterocycles. The van der Waals surface area contributed by atoms with Gasteiger partial charge in [0.05, 0.1) is 5.75 Å². The molecule has 0 bridgehead atoms. The second-order valence-electron chi connectivity index (χ2n) is 16.4. The van der Waals surface area contributed by atoms with E-state index in [4.69, 9.17) is 9.47 Å². The summed E-state index contributed by atoms with van der Waals surface area (Å²) >= 11 is 1.46. The van der Waals surface area contributed by atoms with Gasteiger partial charge in [0.1, 0.15) is 18.5 Å². The van der Waals surface area contributed by atoms with E-state index < -0.39 is 11.5 Å². The number of hydrogen-bond donors (Lipinski definition) is 0. The summed E-state index contributed by atoms with van der Waals surface area (Å²) in [5.74, 6) is 0.544. The molecule has 0 spiro atoms. The minimum Gasteiger partial charge on any atom is -0.462 e. The predicted octanol–water partition coefficient (Wildman–Crippen LogP) is 14.3. The van der Waals surface area contributed by atoms with Gasteiger partial charge in [0.15, 0.2) is 0 Å². The second kappa shape index (κ2) is 37.3. The number of hydrogen-bond acceptors (Lipinski definition) is 6. The number of ether oxygens (including phenoxy) is 2. The first-order valence-corrected chi connectivity index (χ1v) is 23.3. The van der Waals surface area contributed by atoms with Crippen LogP contribution in [0.2, 0.25) is 0 Å². The van der Waals surface area contributed by atoms with Crippen LogP contribution < -0.4 is 0 Å². The third kappa shape index (κ3) is 37.1. The molecule has 0 aliphatic carbocycles. The predicted molar refractivity (Wildman–Crippen MR) is 222 cm³/mol. The lowest BCUT2D eigenvalue weighted by atomic mass is 9.92. The number of rotatable bonds is 39. The average Bonchev–Trinajstić information content (AvgIpc) is 3.10. The monoisotopic (exact) mass is 739 g/mol. The summed E-state index contributed by atoms with van der Waals surface area (Å²) in [7, 11) is 0. The molecule has 1 atom stereocenters. The van der Waals surface area contributed by atoms with Crippen molar-refractivity contribution in [1.29, 1.82) is 0 Å². The van der Waals surface area contributed by atoms with E-state index in [1.807, 2.05) is 20.8 Å². The van der Waals surface area contributed by atoms with Gasteiger partial charge in [0.2, 0.25) is 0 Å². The minimum absolute atomic E-state index is 0.0683. The largest absolute Gasteiger partial charge is 0.462 e. The van der Waals surface area contributed by atoms with Gasteiger partial charge in [0.25, 0.3) is 0 Å². The molecule has 6 heteroatoms. The number of unbranched alkanes of at least 4 members (excludes halogenated alkanes) is 28. The molecule has 0 aromatic carbocycles. The van der Waals surface area contributed by atoms with E-state index >= 15 is 0 Å². The van der Waals surface area contributed by atoms with Crippen LogP contribution in [0.25, 0.3) is 0 Å². The Labute approximate surface area is 322 Å². The lowest BCUT2D eigenvalue weighted by Crippen LogP contribution is -2.29. The minimum atomic E-state index is -0.517. The average molecular weight is 739 g/mol. The van der Waals surface area contributed by atoms with Crippen molar-refractivity contribution in [2.24, 2.45) is 5.41 Å². The van der Waals surface area contributed by atoms with E-state index in [2.05, 4.69) is 13.8 Å². The van der Waals surface area contributed by atoms with Gasteiger partial charge in [-0.2, -0.15) is 11.8 Å². The molecule has 302 valence electrons. The molecular formula is C45H86O5S. The third-order valence-electron chi connectivity index (χ3n) is 10.1. The quantitative estimate of drug-likeness (QED) is 0.0462. The Balaban J connectivity index is 4.09. The van der Waals surface area contributed by atoms with Gasteiger partial charge < -0.3 is 9.47 Å². The molecule has 1 unspecified atom stereocenters. The van der Waals surface area contributed by atoms with Gasteiger partial charge in [-0.1, -0.05) is 214 Å². The molecule has 0 rings (SSSR count). The Morgan fingerprint density at radius 2 is 0.784 bits per heavy atom. The van der Waals surface area contributed by atoms with Crippen LogP contribution in [-0.2, 0) is 23.9 Å². The van der Waals surface area contributed by atoms with Crippen LogP contribution in [0.4, 0.5) is 0 Å². The van der Waals surface area contributed by atoms with Crippen LogP contribution >= 0.6 is 11.8 Å². The van der Waals surface area contributed by atoms with Crippen LogP contribution in [0.5, 0.6) is 0 Å². The van der Waals surface area contributed by atoms with Gasteiger partial charge in [-0.25, -0.2) is 0 Å². The van der Waals surface area contributed by atoms with Gasteiger partial charge in [-0.15, -0.1) is 0 Å². The number of Topliss-reactive ketones (excluding diaryl/α,β-unsaturated/α-hetero) is 1. The summed E-state index contributed by atoms with van der Waals surface area (Å²) in [6.07, 6.45) is 39.0. The maximum absolute atomic E-state index is 12.7. The molecule has 0 heterocycles. The fraction of sp³-hybridized carbons (Fsp3) is 0.933. The van der Waals surface area contributed by atoms with Crippen LogP contribution in [-0.4, -0.2) is 41.9 Å². The highest BCUT2D eigenvalue weighted by Gasteiger charge is 2.23. The molecule has 0 saturated carbocycles. The highest BCUT2D eigenvalue weighted by molar-refractivity contribution is 8.00. The summed E-state index contributed by atoms with van der Waals surface area (Å²) in [5.41, 5.74) is -0.396. The van der Waals surface area contributed by atoms with Crippen molar-refractivity contribution in [1.82, 2.24) is 0 Å². The van der Waals surface area contributed by atoms with Crippen LogP contribution in [0.15, 0.2) is 0 Å². The summed E-state index contributed by atoms with van der Waals surface area (Å²) in [6, 6.07) is 0. The zero-order chi connectivity index (χ0) is 37.7. The Kier molecular flexibility index (Phi) is 36.5. The second-order valence-corrected chi connectivity index (χ2v) is 17.4. The van der Waals surface area contributed by atoms with Crippen LogP contribution in [0.3, 0.4) is 0 Å². The van der Waals surface area contributed by atoms with Gasteiger partial charge in [-0.05, 0) is 12.8 Å². The number of carbonyl (C=O) groups excluding carboxylic acids is 3. The standard InChI is InChI=1S/C45H86O5S/c1-6-8-10-12-14-16-18-20-22-24-26-28-30-32-34-36-43(47)49-38-41(39-51-40-42(46)45(3,4)5)50-44(48)37-35-33-31-29-27-25-23-21-19-17-15-13-11-9-7-2/h41H,6-40H2,1-5H3. The lowest BCUT2D eigenvalue weighted by molar-refractivity contribution is -0.157. The number of ketones is 1. The van der Waals surface area contributed by atoms with Crippen LogP contribution in [0, 0.1) is 5.41 Å². The van der Waals surface area contributed by atoms with Gasteiger partial charge in [-0.3, -0.25) is 14.4 Å². The van der Waals surface area contributed by atoms with E-state index in [-0.39, 0.29) is 24.3 Å². The smallest absolute Gasteiger partial charge is 0.306 e. The van der Waals surface area contributed by atoms with Crippen LogP contribution in [0.1, 0.15) is 240 Å². The van der Waals surface area contributed by atoms with Crippen molar-refractivity contribution in [2.75, 3.05) is 18.1 Å². The Morgan fingerprint density at radius 1 is 0.471 bits per heavy atom. The molecular weight excluding hydrogens is 653 g/mol. The van der Waals surface area contributed by atoms with E-state index in [9.17, 15) is 14.4 Å². The van der Waals surface area contributed by atoms with Crippen molar-refractivity contribution < 1.29 is 23.9 Å². The molecule has 0 aliphatic rings. The first-order valence-electron chi connectivity index (χ1n) is 22.2. The van der Waals surface area contributed by atoms with E-state index in [0.29, 0.717) is 24.3 Å². The SMILES string of the molecule is CCCCCCCCCCCCCCCCCC(=O)OCC(CSCC(=O)C(C)(C)C)OC(=O)CCCCCCCCCCCCCCCCC.